The van der Waals surface area contributed by atoms with Crippen LogP contribution in [0, 0.1) is 0 Å². The Morgan fingerprint density at radius 3 is 2.20 bits per heavy atom. The highest BCUT2D eigenvalue weighted by molar-refractivity contribution is 5.96. The molecule has 8 N–H and O–H groups in total. The van der Waals surface area contributed by atoms with Crippen LogP contribution in [0.1, 0.15) is 18.4 Å². The van der Waals surface area contributed by atoms with E-state index in [2.05, 4.69) is 31.4 Å². The van der Waals surface area contributed by atoms with Crippen LogP contribution < -0.4 is 26.6 Å². The van der Waals surface area contributed by atoms with Gasteiger partial charge in [0.15, 0.2) is 0 Å². The van der Waals surface area contributed by atoms with Gasteiger partial charge in [-0.25, -0.2) is 21.8 Å². The minimum Gasteiger partial charge on any atom is -0.483 e. The molecule has 2 aliphatic heterocycles. The number of quaternary nitrogens is 1. The van der Waals surface area contributed by atoms with Gasteiger partial charge in [-0.05, 0) is 50.2 Å². The summed E-state index contributed by atoms with van der Waals surface area (Å²) in [6, 6.07) is 2.40. The SMILES string of the molecule is C1CCNC1.NOCOC(=O)C1=Cc2cc(OC(F)(F)F)ccc2OC1C(F)(F)F.O=CO.[NH3+]O. The number of rotatable bonds is 4. The zero-order valence-electron chi connectivity index (χ0n) is 17.9. The number of hydrogen-bond acceptors (Lipinski definition) is 9. The Kier molecular flexibility index (Phi) is 14.3. The zero-order chi connectivity index (χ0) is 27.1. The fourth-order valence-corrected chi connectivity index (χ4v) is 2.58. The maximum atomic E-state index is 13.1. The molecule has 0 aliphatic carbocycles. The summed E-state index contributed by atoms with van der Waals surface area (Å²) in [6.45, 7) is 1.42. The first-order chi connectivity index (χ1) is 16.4. The van der Waals surface area contributed by atoms with E-state index in [9.17, 15) is 31.1 Å². The number of hydrogen-bond donors (Lipinski definition) is 5. The van der Waals surface area contributed by atoms with E-state index in [1.54, 1.807) is 0 Å². The molecule has 0 aromatic heterocycles. The van der Waals surface area contributed by atoms with Crippen LogP contribution in [0.2, 0.25) is 0 Å². The molecule has 0 spiro atoms. The van der Waals surface area contributed by atoms with E-state index >= 15 is 0 Å². The van der Waals surface area contributed by atoms with Crippen LogP contribution in [0.15, 0.2) is 23.8 Å². The molecule has 2 heterocycles. The first kappa shape index (κ1) is 31.9. The van der Waals surface area contributed by atoms with Gasteiger partial charge in [0.2, 0.25) is 12.9 Å². The lowest BCUT2D eigenvalue weighted by Crippen LogP contribution is -2.42. The maximum Gasteiger partial charge on any atom is 0.573 e. The molecule has 0 amide bonds. The molecule has 35 heavy (non-hydrogen) atoms. The predicted octanol–water partition coefficient (Wildman–Crippen LogP) is 1.37. The van der Waals surface area contributed by atoms with Gasteiger partial charge in [0.25, 0.3) is 6.47 Å². The Hall–Kier alpha value is -3.12. The number of carboxylic acid groups (broad SMARTS) is 1. The molecular formula is C18H24F6N3O8+. The summed E-state index contributed by atoms with van der Waals surface area (Å²) in [5, 5.41) is 16.9. The number of alkyl halides is 6. The van der Waals surface area contributed by atoms with Gasteiger partial charge in [-0.15, -0.1) is 13.2 Å². The molecule has 3 rings (SSSR count). The smallest absolute Gasteiger partial charge is 0.483 e. The Bertz CT molecular complexity index is 809. The van der Waals surface area contributed by atoms with Crippen molar-refractivity contribution in [3.8, 4) is 11.5 Å². The molecule has 1 unspecified atom stereocenters. The third kappa shape index (κ3) is 12.2. The van der Waals surface area contributed by atoms with Crippen LogP contribution in [0.3, 0.4) is 0 Å². The fourth-order valence-electron chi connectivity index (χ4n) is 2.58. The molecule has 11 nitrogen and oxygen atoms in total. The number of esters is 1. The summed E-state index contributed by atoms with van der Waals surface area (Å²) in [6.07, 6.45) is -9.17. The van der Waals surface area contributed by atoms with E-state index in [0.717, 1.165) is 18.2 Å². The second-order valence-electron chi connectivity index (χ2n) is 6.17. The minimum atomic E-state index is -5.00. The second-order valence-corrected chi connectivity index (χ2v) is 6.17. The topological polar surface area (TPSA) is 177 Å². The van der Waals surface area contributed by atoms with Gasteiger partial charge in [0.05, 0.1) is 5.57 Å². The van der Waals surface area contributed by atoms with Crippen molar-refractivity contribution in [1.82, 2.24) is 5.32 Å². The third-order valence-corrected chi connectivity index (χ3v) is 3.80. The molecule has 1 fully saturated rings. The van der Waals surface area contributed by atoms with Gasteiger partial charge in [-0.2, -0.15) is 13.2 Å². The summed E-state index contributed by atoms with van der Waals surface area (Å²) in [7, 11) is 0. The quantitative estimate of drug-likeness (QED) is 0.127. The second kappa shape index (κ2) is 15.7. The molecule has 1 aromatic carbocycles. The Balaban J connectivity index is 0.000000972. The van der Waals surface area contributed by atoms with Crippen LogP contribution in [-0.2, 0) is 19.2 Å². The Morgan fingerprint density at radius 2 is 1.77 bits per heavy atom. The lowest BCUT2D eigenvalue weighted by Gasteiger charge is -2.28. The average Bonchev–Trinajstić information content (AvgIpc) is 3.37. The van der Waals surface area contributed by atoms with Crippen LogP contribution >= 0.6 is 0 Å². The minimum absolute atomic E-state index is 0.233. The molecule has 0 saturated carbocycles. The molecule has 200 valence electrons. The van der Waals surface area contributed by atoms with Crippen LogP contribution in [0.25, 0.3) is 6.08 Å². The largest absolute Gasteiger partial charge is 0.573 e. The van der Waals surface area contributed by atoms with E-state index in [1.165, 1.54) is 25.9 Å². The standard InChI is InChI=1S/C13H9F6NO5.C4H9N.CH2O2.H4NO/c14-12(15,16)10-8(11(21)22-5-23-20)4-6-3-7(25-13(17,18)19)1-2-9(6)24-10;1-2-4-5-3-1;2-1-3;1-2/h1-4,10H,5,20H2;5H,1-4H2;1H,(H,2,3);2H,1H3/q;;;+1. The molecular weight excluding hydrogens is 500 g/mol. The van der Waals surface area contributed by atoms with Gasteiger partial charge < -0.3 is 24.6 Å². The number of ether oxygens (including phenoxy) is 3. The van der Waals surface area contributed by atoms with Gasteiger partial charge in [-0.1, -0.05) is 0 Å². The third-order valence-electron chi connectivity index (χ3n) is 3.80. The molecule has 1 aromatic rings. The van der Waals surface area contributed by atoms with Crippen molar-refractivity contribution < 1.29 is 71.2 Å². The van der Waals surface area contributed by atoms with E-state index in [1.807, 2.05) is 0 Å². The van der Waals surface area contributed by atoms with Crippen molar-refractivity contribution in [2.45, 2.75) is 31.5 Å². The number of carbonyl (C=O) groups is 2. The number of benzene rings is 1. The van der Waals surface area contributed by atoms with Crippen molar-refractivity contribution in [1.29, 1.82) is 0 Å². The number of nitrogens with two attached hydrogens (primary N) is 1. The summed E-state index contributed by atoms with van der Waals surface area (Å²) < 4.78 is 88.5. The van der Waals surface area contributed by atoms with Crippen molar-refractivity contribution >= 4 is 18.5 Å². The predicted molar refractivity (Wildman–Crippen MR) is 103 cm³/mol. The van der Waals surface area contributed by atoms with Crippen molar-refractivity contribution in [2.24, 2.45) is 5.90 Å². The number of fused-ring (bicyclic) bond motifs is 1. The molecule has 0 radical (unpaired) electrons. The highest BCUT2D eigenvalue weighted by atomic mass is 19.4. The van der Waals surface area contributed by atoms with E-state index in [-0.39, 0.29) is 17.8 Å². The lowest BCUT2D eigenvalue weighted by molar-refractivity contribution is -0.670. The average molecular weight is 524 g/mol. The van der Waals surface area contributed by atoms with Crippen molar-refractivity contribution in [2.75, 3.05) is 19.9 Å². The van der Waals surface area contributed by atoms with E-state index in [0.29, 0.717) is 6.08 Å². The van der Waals surface area contributed by atoms with E-state index in [4.69, 9.17) is 19.8 Å². The van der Waals surface area contributed by atoms with Gasteiger partial charge in [-0.3, -0.25) is 9.63 Å². The first-order valence-electron chi connectivity index (χ1n) is 9.36. The normalized spacial score (nSPS) is 16.3. The molecule has 17 heteroatoms. The molecule has 2 aliphatic rings. The Labute approximate surface area is 194 Å². The molecule has 1 atom stereocenters. The van der Waals surface area contributed by atoms with Crippen molar-refractivity contribution in [3.05, 3.63) is 29.3 Å². The highest BCUT2D eigenvalue weighted by Crippen LogP contribution is 2.39. The first-order valence-corrected chi connectivity index (χ1v) is 9.36. The molecule has 1 saturated heterocycles. The summed E-state index contributed by atoms with van der Waals surface area (Å²) in [5.74, 6) is 4.32. The summed E-state index contributed by atoms with van der Waals surface area (Å²) in [5.41, 5.74) is -1.22. The van der Waals surface area contributed by atoms with E-state index < -0.39 is 42.7 Å². The Morgan fingerprint density at radius 1 is 1.20 bits per heavy atom. The maximum absolute atomic E-state index is 13.1. The number of halogens is 6. The van der Waals surface area contributed by atoms with Gasteiger partial charge in [0, 0.05) is 5.56 Å². The van der Waals surface area contributed by atoms with Gasteiger partial charge in [0.1, 0.15) is 11.5 Å². The van der Waals surface area contributed by atoms with Crippen LogP contribution in [0.5, 0.6) is 11.5 Å². The van der Waals surface area contributed by atoms with Crippen LogP contribution in [-0.4, -0.2) is 61.3 Å². The van der Waals surface area contributed by atoms with Crippen molar-refractivity contribution in [3.63, 3.8) is 0 Å². The zero-order valence-corrected chi connectivity index (χ0v) is 17.9. The lowest BCUT2D eigenvalue weighted by atomic mass is 10.0. The monoisotopic (exact) mass is 524 g/mol. The summed E-state index contributed by atoms with van der Waals surface area (Å²) in [4.78, 5) is 24.0. The molecule has 0 bridgehead atoms. The van der Waals surface area contributed by atoms with Crippen LogP contribution in [0.4, 0.5) is 26.3 Å². The van der Waals surface area contributed by atoms with Gasteiger partial charge >= 0.3 is 18.5 Å². The number of nitrogens with one attached hydrogen (secondary N) is 1. The highest BCUT2D eigenvalue weighted by Gasteiger charge is 2.49. The summed E-state index contributed by atoms with van der Waals surface area (Å²) >= 11 is 0. The fraction of sp³-hybridized carbons (Fsp3) is 0.444. The number of carbonyl (C=O) groups excluding carboxylic acids is 1.